The minimum Gasteiger partial charge on any atom is -0.497 e. The lowest BCUT2D eigenvalue weighted by Gasteiger charge is -2.14. The fourth-order valence-corrected chi connectivity index (χ4v) is 5.01. The number of carbonyl (C=O) groups excluding carboxylic acids is 1. The van der Waals surface area contributed by atoms with E-state index in [1.807, 2.05) is 57.2 Å². The fourth-order valence-electron chi connectivity index (χ4n) is 4.18. The van der Waals surface area contributed by atoms with Crippen LogP contribution >= 0.6 is 11.3 Å². The largest absolute Gasteiger partial charge is 0.497 e. The van der Waals surface area contributed by atoms with E-state index < -0.39 is 5.91 Å². The molecule has 4 rings (SSSR count). The van der Waals surface area contributed by atoms with Gasteiger partial charge in [0.1, 0.15) is 17.4 Å². The molecule has 3 aromatic rings. The molecule has 1 atom stereocenters. The molecule has 1 aromatic carbocycles. The number of aryl methyl sites for hydroxylation is 2. The second kappa shape index (κ2) is 10.2. The number of aromatic nitrogens is 2. The van der Waals surface area contributed by atoms with Crippen LogP contribution in [0.2, 0.25) is 0 Å². The summed E-state index contributed by atoms with van der Waals surface area (Å²) >= 11 is 1.38. The molecule has 0 aliphatic carbocycles. The Morgan fingerprint density at radius 3 is 2.76 bits per heavy atom. The van der Waals surface area contributed by atoms with E-state index in [-0.39, 0.29) is 11.7 Å². The lowest BCUT2D eigenvalue weighted by Crippen LogP contribution is -2.17. The zero-order valence-corrected chi connectivity index (χ0v) is 20.7. The molecule has 1 unspecified atom stereocenters. The highest BCUT2D eigenvalue weighted by atomic mass is 32.1. The highest BCUT2D eigenvalue weighted by Gasteiger charge is 2.20. The van der Waals surface area contributed by atoms with Gasteiger partial charge in [-0.15, -0.1) is 11.3 Å². The Kier molecular flexibility index (Phi) is 7.15. The summed E-state index contributed by atoms with van der Waals surface area (Å²) in [6.07, 6.45) is 4.01. The van der Waals surface area contributed by atoms with Gasteiger partial charge >= 0.3 is 0 Å². The molecule has 8 heteroatoms. The Balaban J connectivity index is 1.52. The van der Waals surface area contributed by atoms with Crippen LogP contribution in [0.25, 0.3) is 17.3 Å². The smallest absolute Gasteiger partial charge is 0.268 e. The maximum Gasteiger partial charge on any atom is 0.268 e. The number of nitriles is 1. The predicted octanol–water partition coefficient (Wildman–Crippen LogP) is 5.27. The minimum absolute atomic E-state index is 0.0382. The van der Waals surface area contributed by atoms with Crippen LogP contribution in [0.5, 0.6) is 5.75 Å². The van der Waals surface area contributed by atoms with Gasteiger partial charge in [-0.25, -0.2) is 4.98 Å². The molecule has 7 nitrogen and oxygen atoms in total. The summed E-state index contributed by atoms with van der Waals surface area (Å²) < 4.78 is 13.2. The number of nitrogens with one attached hydrogen (secondary N) is 1. The van der Waals surface area contributed by atoms with Crippen molar-refractivity contribution in [3.63, 3.8) is 0 Å². The number of carbonyl (C=O) groups is 1. The zero-order chi connectivity index (χ0) is 24.2. The quantitative estimate of drug-likeness (QED) is 0.371. The van der Waals surface area contributed by atoms with Crippen LogP contribution in [0.3, 0.4) is 0 Å². The average molecular weight is 477 g/mol. The Bertz CT molecular complexity index is 1260. The average Bonchev–Trinajstić information content (AvgIpc) is 3.54. The zero-order valence-electron chi connectivity index (χ0n) is 19.8. The van der Waals surface area contributed by atoms with Crippen molar-refractivity contribution in [2.75, 3.05) is 19.0 Å². The number of nitrogens with zero attached hydrogens (tertiary/aromatic N) is 3. The molecule has 1 N–H and O–H groups in total. The maximum absolute atomic E-state index is 12.9. The molecule has 1 aliphatic rings. The van der Waals surface area contributed by atoms with Crippen LogP contribution in [-0.2, 0) is 16.1 Å². The molecule has 0 radical (unpaired) electrons. The number of rotatable bonds is 7. The highest BCUT2D eigenvalue weighted by Crippen LogP contribution is 2.31. The van der Waals surface area contributed by atoms with E-state index in [0.717, 1.165) is 64.8 Å². The maximum atomic E-state index is 12.9. The monoisotopic (exact) mass is 476 g/mol. The van der Waals surface area contributed by atoms with Crippen LogP contribution in [0.4, 0.5) is 5.13 Å². The second-order valence-electron chi connectivity index (χ2n) is 8.35. The van der Waals surface area contributed by atoms with Gasteiger partial charge in [0.15, 0.2) is 5.13 Å². The molecule has 0 bridgehead atoms. The van der Waals surface area contributed by atoms with Crippen LogP contribution in [0.1, 0.15) is 34.7 Å². The standard InChI is InChI=1S/C26H28N4O3S/c1-16-12-20(17(2)30(16)15-23-6-5-11-33-23)13-21(14-27)25(31)29-26-28-24(18(3)34-26)19-7-9-22(32-4)10-8-19/h7-10,12-13,23H,5-6,11,15H2,1-4H3,(H,28,29,31)/b21-13-. The van der Waals surface area contributed by atoms with Gasteiger partial charge in [-0.3, -0.25) is 10.1 Å². The van der Waals surface area contributed by atoms with E-state index in [2.05, 4.69) is 14.9 Å². The Labute approximate surface area is 203 Å². The third kappa shape index (κ3) is 5.06. The molecule has 2 aromatic heterocycles. The molecule has 1 aliphatic heterocycles. The molecule has 1 amide bonds. The molecule has 1 fully saturated rings. The van der Waals surface area contributed by atoms with Crippen molar-refractivity contribution < 1.29 is 14.3 Å². The molecule has 1 saturated heterocycles. The summed E-state index contributed by atoms with van der Waals surface area (Å²) in [5, 5.41) is 12.9. The summed E-state index contributed by atoms with van der Waals surface area (Å²) in [7, 11) is 1.62. The van der Waals surface area contributed by atoms with Crippen molar-refractivity contribution in [3.8, 4) is 23.1 Å². The van der Waals surface area contributed by atoms with Gasteiger partial charge in [-0.1, -0.05) is 0 Å². The van der Waals surface area contributed by atoms with Crippen LogP contribution < -0.4 is 10.1 Å². The van der Waals surface area contributed by atoms with Crippen molar-refractivity contribution in [1.82, 2.24) is 9.55 Å². The van der Waals surface area contributed by atoms with Crippen molar-refractivity contribution in [1.29, 1.82) is 5.26 Å². The topological polar surface area (TPSA) is 89.2 Å². The van der Waals surface area contributed by atoms with Crippen LogP contribution in [0.15, 0.2) is 35.9 Å². The van der Waals surface area contributed by atoms with Crippen molar-refractivity contribution in [2.24, 2.45) is 0 Å². The van der Waals surface area contributed by atoms with E-state index in [0.29, 0.717) is 5.13 Å². The van der Waals surface area contributed by atoms with Crippen molar-refractivity contribution in [3.05, 3.63) is 57.7 Å². The minimum atomic E-state index is -0.471. The molecule has 0 spiro atoms. The molecular weight excluding hydrogens is 448 g/mol. The van der Waals surface area contributed by atoms with Crippen molar-refractivity contribution >= 4 is 28.5 Å². The highest BCUT2D eigenvalue weighted by molar-refractivity contribution is 7.16. The molecular formula is C26H28N4O3S. The Morgan fingerprint density at radius 1 is 1.35 bits per heavy atom. The number of hydrogen-bond acceptors (Lipinski definition) is 6. The summed E-state index contributed by atoms with van der Waals surface area (Å²) in [5.41, 5.74) is 4.72. The summed E-state index contributed by atoms with van der Waals surface area (Å²) in [5.74, 6) is 0.297. The Morgan fingerprint density at radius 2 is 2.12 bits per heavy atom. The number of ether oxygens (including phenoxy) is 2. The third-order valence-corrected chi connectivity index (χ3v) is 6.95. The summed E-state index contributed by atoms with van der Waals surface area (Å²) in [6, 6.07) is 11.7. The van der Waals surface area contributed by atoms with Gasteiger partial charge in [-0.05, 0) is 75.6 Å². The molecule has 3 heterocycles. The van der Waals surface area contributed by atoms with Gasteiger partial charge in [0, 0.05) is 35.0 Å². The summed E-state index contributed by atoms with van der Waals surface area (Å²) in [6.45, 7) is 7.59. The van der Waals surface area contributed by atoms with E-state index in [1.165, 1.54) is 11.3 Å². The first-order chi connectivity index (χ1) is 16.4. The van der Waals surface area contributed by atoms with Gasteiger partial charge in [-0.2, -0.15) is 5.26 Å². The number of thiazole rings is 1. The first kappa shape index (κ1) is 23.7. The number of anilines is 1. The number of hydrogen-bond donors (Lipinski definition) is 1. The van der Waals surface area contributed by atoms with E-state index >= 15 is 0 Å². The fraction of sp³-hybridized carbons (Fsp3) is 0.346. The molecule has 34 heavy (non-hydrogen) atoms. The normalized spacial score (nSPS) is 15.9. The predicted molar refractivity (Wildman–Crippen MR) is 134 cm³/mol. The second-order valence-corrected chi connectivity index (χ2v) is 9.55. The van der Waals surface area contributed by atoms with E-state index in [1.54, 1.807) is 13.2 Å². The van der Waals surface area contributed by atoms with Crippen molar-refractivity contribution in [2.45, 2.75) is 46.3 Å². The lowest BCUT2D eigenvalue weighted by atomic mass is 10.1. The first-order valence-corrected chi connectivity index (χ1v) is 12.0. The van der Waals surface area contributed by atoms with Gasteiger partial charge in [0.25, 0.3) is 5.91 Å². The molecule has 0 saturated carbocycles. The van der Waals surface area contributed by atoms with Gasteiger partial charge < -0.3 is 14.0 Å². The van der Waals surface area contributed by atoms with Crippen LogP contribution in [-0.4, -0.2) is 35.3 Å². The Hall–Kier alpha value is -3.41. The third-order valence-electron chi connectivity index (χ3n) is 6.07. The number of methoxy groups -OCH3 is 1. The van der Waals surface area contributed by atoms with E-state index in [9.17, 15) is 10.1 Å². The number of amides is 1. The van der Waals surface area contributed by atoms with Gasteiger partial charge in [0.05, 0.1) is 18.9 Å². The number of benzene rings is 1. The molecule has 176 valence electrons. The van der Waals surface area contributed by atoms with Crippen LogP contribution in [0, 0.1) is 32.1 Å². The first-order valence-electron chi connectivity index (χ1n) is 11.2. The summed E-state index contributed by atoms with van der Waals surface area (Å²) in [4.78, 5) is 18.4. The van der Waals surface area contributed by atoms with E-state index in [4.69, 9.17) is 9.47 Å². The van der Waals surface area contributed by atoms with Gasteiger partial charge in [0.2, 0.25) is 0 Å². The lowest BCUT2D eigenvalue weighted by molar-refractivity contribution is -0.112. The SMILES string of the molecule is COc1ccc(-c2nc(NC(=O)/C(C#N)=C\c3cc(C)n(CC4CCCO4)c3C)sc2C)cc1.